The zero-order valence-electron chi connectivity index (χ0n) is 13.1. The lowest BCUT2D eigenvalue weighted by Crippen LogP contribution is -2.22. The summed E-state index contributed by atoms with van der Waals surface area (Å²) in [5.74, 6) is 0.546. The average Bonchev–Trinajstić information content (AvgIpc) is 3.15. The number of aromatic nitrogens is 2. The summed E-state index contributed by atoms with van der Waals surface area (Å²) in [6.45, 7) is 0. The summed E-state index contributed by atoms with van der Waals surface area (Å²) >= 11 is 7.97. The third-order valence-corrected chi connectivity index (χ3v) is 4.99. The van der Waals surface area contributed by atoms with Crippen LogP contribution in [0, 0.1) is 0 Å². The van der Waals surface area contributed by atoms with E-state index in [9.17, 15) is 4.79 Å². The molecule has 2 heterocycles. The van der Waals surface area contributed by atoms with E-state index in [0.29, 0.717) is 27.4 Å². The molecule has 4 aromatic rings. The summed E-state index contributed by atoms with van der Waals surface area (Å²) < 4.78 is 1.56. The van der Waals surface area contributed by atoms with Gasteiger partial charge in [0.05, 0.1) is 21.6 Å². The summed E-state index contributed by atoms with van der Waals surface area (Å²) in [5, 5.41) is 3.08. The molecular formula is C20H13ClN2OS. The fraction of sp³-hybridized carbons (Fsp3) is 0. The molecule has 0 saturated carbocycles. The van der Waals surface area contributed by atoms with Gasteiger partial charge in [0.2, 0.25) is 0 Å². The Labute approximate surface area is 153 Å². The number of rotatable bonds is 3. The Balaban J connectivity index is 2.01. The first-order valence-electron chi connectivity index (χ1n) is 7.72. The zero-order valence-corrected chi connectivity index (χ0v) is 14.7. The minimum absolute atomic E-state index is 0.135. The predicted octanol–water partition coefficient (Wildman–Crippen LogP) is 5.27. The van der Waals surface area contributed by atoms with Crippen molar-refractivity contribution < 1.29 is 0 Å². The molecule has 25 heavy (non-hydrogen) atoms. The second-order valence-corrected chi connectivity index (χ2v) is 6.81. The molecule has 2 aromatic carbocycles. The van der Waals surface area contributed by atoms with Crippen LogP contribution in [0.1, 0.15) is 10.7 Å². The molecule has 0 amide bonds. The first-order chi connectivity index (χ1) is 12.2. The molecule has 2 aromatic heterocycles. The molecule has 0 aliphatic heterocycles. The van der Waals surface area contributed by atoms with Crippen LogP contribution in [-0.2, 0) is 0 Å². The summed E-state index contributed by atoms with van der Waals surface area (Å²) in [5.41, 5.74) is 1.16. The van der Waals surface area contributed by atoms with Crippen molar-refractivity contribution in [1.82, 2.24) is 9.55 Å². The Morgan fingerprint density at radius 1 is 0.960 bits per heavy atom. The lowest BCUT2D eigenvalue weighted by molar-refractivity contribution is 0.944. The van der Waals surface area contributed by atoms with Crippen LogP contribution in [0.2, 0.25) is 5.02 Å². The van der Waals surface area contributed by atoms with Gasteiger partial charge in [0.15, 0.2) is 0 Å². The summed E-state index contributed by atoms with van der Waals surface area (Å²) in [6.07, 6.45) is 3.80. The van der Waals surface area contributed by atoms with Crippen molar-refractivity contribution in [2.75, 3.05) is 0 Å². The number of nitrogens with zero attached hydrogens (tertiary/aromatic N) is 2. The van der Waals surface area contributed by atoms with E-state index in [1.54, 1.807) is 28.0 Å². The number of thiophene rings is 1. The normalized spacial score (nSPS) is 11.4. The van der Waals surface area contributed by atoms with Gasteiger partial charge in [-0.05, 0) is 47.9 Å². The van der Waals surface area contributed by atoms with E-state index in [0.717, 1.165) is 4.88 Å². The Hall–Kier alpha value is -2.69. The third kappa shape index (κ3) is 3.02. The van der Waals surface area contributed by atoms with E-state index in [1.807, 2.05) is 66.1 Å². The highest BCUT2D eigenvalue weighted by Gasteiger charge is 2.13. The lowest BCUT2D eigenvalue weighted by Gasteiger charge is -2.12. The van der Waals surface area contributed by atoms with Crippen LogP contribution in [0.3, 0.4) is 0 Å². The molecule has 0 aliphatic rings. The van der Waals surface area contributed by atoms with Gasteiger partial charge in [0, 0.05) is 4.88 Å². The Bertz CT molecular complexity index is 1130. The van der Waals surface area contributed by atoms with Gasteiger partial charge >= 0.3 is 0 Å². The van der Waals surface area contributed by atoms with Crippen LogP contribution < -0.4 is 5.56 Å². The van der Waals surface area contributed by atoms with Crippen molar-refractivity contribution in [3.8, 4) is 5.69 Å². The van der Waals surface area contributed by atoms with Crippen molar-refractivity contribution in [2.45, 2.75) is 0 Å². The Morgan fingerprint density at radius 2 is 1.76 bits per heavy atom. The first kappa shape index (κ1) is 15.8. The molecule has 0 fully saturated rings. The molecule has 0 aliphatic carbocycles. The number of halogens is 1. The fourth-order valence-corrected chi connectivity index (χ4v) is 3.51. The van der Waals surface area contributed by atoms with Crippen molar-refractivity contribution in [2.24, 2.45) is 0 Å². The maximum Gasteiger partial charge on any atom is 0.266 e. The Kier molecular flexibility index (Phi) is 4.22. The van der Waals surface area contributed by atoms with Crippen molar-refractivity contribution in [3.63, 3.8) is 0 Å². The fourth-order valence-electron chi connectivity index (χ4n) is 2.67. The van der Waals surface area contributed by atoms with Crippen LogP contribution in [-0.4, -0.2) is 9.55 Å². The van der Waals surface area contributed by atoms with Crippen LogP contribution >= 0.6 is 22.9 Å². The standard InChI is InChI=1S/C20H13ClN2OS/c21-16-8-2-4-10-18(16)23-19(12-11-14-6-5-13-25-14)22-17-9-3-1-7-15(17)20(23)24/h1-13H/b12-11+. The quantitative estimate of drug-likeness (QED) is 0.496. The first-order valence-corrected chi connectivity index (χ1v) is 8.98. The Morgan fingerprint density at radius 3 is 2.56 bits per heavy atom. The van der Waals surface area contributed by atoms with Crippen molar-refractivity contribution in [3.05, 3.63) is 92.1 Å². The van der Waals surface area contributed by atoms with E-state index in [2.05, 4.69) is 4.98 Å². The van der Waals surface area contributed by atoms with Gasteiger partial charge in [0.25, 0.3) is 5.56 Å². The van der Waals surface area contributed by atoms with Gasteiger partial charge in [-0.25, -0.2) is 4.98 Å². The van der Waals surface area contributed by atoms with Gasteiger partial charge < -0.3 is 0 Å². The molecule has 0 spiro atoms. The third-order valence-electron chi connectivity index (χ3n) is 3.83. The number of para-hydroxylation sites is 2. The van der Waals surface area contributed by atoms with Crippen molar-refractivity contribution >= 4 is 46.0 Å². The highest BCUT2D eigenvalue weighted by molar-refractivity contribution is 7.10. The van der Waals surface area contributed by atoms with Gasteiger partial charge in [-0.1, -0.05) is 41.9 Å². The molecule has 0 saturated heterocycles. The summed E-state index contributed by atoms with van der Waals surface area (Å²) in [6, 6.07) is 18.6. The van der Waals surface area contributed by atoms with E-state index >= 15 is 0 Å². The molecule has 0 bridgehead atoms. The van der Waals surface area contributed by atoms with Crippen molar-refractivity contribution in [1.29, 1.82) is 0 Å². The SMILES string of the molecule is O=c1c2ccccc2nc(/C=C/c2cccs2)n1-c1ccccc1Cl. The number of benzene rings is 2. The zero-order chi connectivity index (χ0) is 17.2. The van der Waals surface area contributed by atoms with E-state index in [-0.39, 0.29) is 5.56 Å². The second-order valence-electron chi connectivity index (χ2n) is 5.43. The molecule has 0 atom stereocenters. The molecule has 0 N–H and O–H groups in total. The second kappa shape index (κ2) is 6.67. The average molecular weight is 365 g/mol. The molecule has 4 rings (SSSR count). The number of hydrogen-bond donors (Lipinski definition) is 0. The predicted molar refractivity (Wildman–Crippen MR) is 106 cm³/mol. The highest BCUT2D eigenvalue weighted by atomic mass is 35.5. The van der Waals surface area contributed by atoms with Gasteiger partial charge in [-0.2, -0.15) is 0 Å². The van der Waals surface area contributed by atoms with Crippen LogP contribution in [0.15, 0.2) is 70.8 Å². The maximum absolute atomic E-state index is 13.1. The summed E-state index contributed by atoms with van der Waals surface area (Å²) in [7, 11) is 0. The van der Waals surface area contributed by atoms with Crippen LogP contribution in [0.4, 0.5) is 0 Å². The summed E-state index contributed by atoms with van der Waals surface area (Å²) in [4.78, 5) is 18.9. The van der Waals surface area contributed by atoms with Crippen LogP contribution in [0.25, 0.3) is 28.7 Å². The molecule has 122 valence electrons. The highest BCUT2D eigenvalue weighted by Crippen LogP contribution is 2.22. The monoisotopic (exact) mass is 364 g/mol. The lowest BCUT2D eigenvalue weighted by atomic mass is 10.2. The van der Waals surface area contributed by atoms with E-state index < -0.39 is 0 Å². The van der Waals surface area contributed by atoms with Gasteiger partial charge in [-0.3, -0.25) is 9.36 Å². The molecule has 3 nitrogen and oxygen atoms in total. The smallest absolute Gasteiger partial charge is 0.266 e. The topological polar surface area (TPSA) is 34.9 Å². The molecule has 0 unspecified atom stereocenters. The minimum atomic E-state index is -0.135. The van der Waals surface area contributed by atoms with Gasteiger partial charge in [-0.15, -0.1) is 11.3 Å². The van der Waals surface area contributed by atoms with Crippen LogP contribution in [0.5, 0.6) is 0 Å². The molecule has 5 heteroatoms. The van der Waals surface area contributed by atoms with E-state index in [1.165, 1.54) is 0 Å². The number of hydrogen-bond acceptors (Lipinski definition) is 3. The van der Waals surface area contributed by atoms with E-state index in [4.69, 9.17) is 11.6 Å². The molecule has 0 radical (unpaired) electrons. The minimum Gasteiger partial charge on any atom is -0.268 e. The number of fused-ring (bicyclic) bond motifs is 1. The largest absolute Gasteiger partial charge is 0.268 e. The maximum atomic E-state index is 13.1. The molecular weight excluding hydrogens is 352 g/mol. The van der Waals surface area contributed by atoms with Gasteiger partial charge in [0.1, 0.15) is 5.82 Å².